The molecule has 0 radical (unpaired) electrons. The minimum atomic E-state index is 0.213. The van der Waals surface area contributed by atoms with E-state index in [0.29, 0.717) is 46.0 Å². The third-order valence-electron chi connectivity index (χ3n) is 4.18. The Morgan fingerprint density at radius 1 is 0.929 bits per heavy atom. The van der Waals surface area contributed by atoms with Gasteiger partial charge >= 0.3 is 0 Å². The van der Waals surface area contributed by atoms with Crippen molar-refractivity contribution in [1.29, 1.82) is 0 Å². The zero-order valence-corrected chi connectivity index (χ0v) is 15.4. The molecule has 0 amide bonds. The van der Waals surface area contributed by atoms with E-state index in [4.69, 9.17) is 24.7 Å². The molecular weight excluding hydrogens is 362 g/mol. The Labute approximate surface area is 161 Å². The van der Waals surface area contributed by atoms with E-state index in [1.807, 2.05) is 18.2 Å². The number of nitrogen functional groups attached to an aromatic ring is 1. The summed E-state index contributed by atoms with van der Waals surface area (Å²) >= 11 is 0. The summed E-state index contributed by atoms with van der Waals surface area (Å²) in [6.45, 7) is 0.213. The fraction of sp³-hybridized carbons (Fsp3) is 0.158. The first kappa shape index (κ1) is 17.5. The van der Waals surface area contributed by atoms with E-state index in [-0.39, 0.29) is 6.79 Å². The Morgan fingerprint density at radius 2 is 1.71 bits per heavy atom. The average Bonchev–Trinajstić information content (AvgIpc) is 3.19. The maximum Gasteiger partial charge on any atom is 0.231 e. The summed E-state index contributed by atoms with van der Waals surface area (Å²) in [6.07, 6.45) is 1.42. The van der Waals surface area contributed by atoms with E-state index >= 15 is 0 Å². The first-order valence-corrected chi connectivity index (χ1v) is 8.44. The van der Waals surface area contributed by atoms with Crippen LogP contribution in [0.4, 0.5) is 28.7 Å². The number of nitrogens with zero attached hydrogens (tertiary/aromatic N) is 2. The SMILES string of the molecule is COc1ccc(OC)c(Nc2ncnc(Nc3ccc4c(c3)OCO4)c2N)c1. The Bertz CT molecular complexity index is 1010. The fourth-order valence-electron chi connectivity index (χ4n) is 2.75. The van der Waals surface area contributed by atoms with Crippen molar-refractivity contribution in [3.05, 3.63) is 42.7 Å². The molecule has 0 atom stereocenters. The molecule has 28 heavy (non-hydrogen) atoms. The molecule has 9 heteroatoms. The van der Waals surface area contributed by atoms with Gasteiger partial charge in [0, 0.05) is 17.8 Å². The van der Waals surface area contributed by atoms with Crippen molar-refractivity contribution < 1.29 is 18.9 Å². The van der Waals surface area contributed by atoms with Gasteiger partial charge in [0.05, 0.1) is 19.9 Å². The van der Waals surface area contributed by atoms with Crippen molar-refractivity contribution in [1.82, 2.24) is 9.97 Å². The summed E-state index contributed by atoms with van der Waals surface area (Å²) in [4.78, 5) is 8.47. The smallest absolute Gasteiger partial charge is 0.231 e. The van der Waals surface area contributed by atoms with Gasteiger partial charge in [0.2, 0.25) is 6.79 Å². The summed E-state index contributed by atoms with van der Waals surface area (Å²) < 4.78 is 21.4. The van der Waals surface area contributed by atoms with Crippen LogP contribution in [0.5, 0.6) is 23.0 Å². The quantitative estimate of drug-likeness (QED) is 0.592. The molecule has 0 aliphatic carbocycles. The van der Waals surface area contributed by atoms with Crippen molar-refractivity contribution in [3.63, 3.8) is 0 Å². The molecule has 1 aliphatic rings. The second kappa shape index (κ2) is 7.39. The van der Waals surface area contributed by atoms with Crippen molar-refractivity contribution in [2.24, 2.45) is 0 Å². The molecule has 4 rings (SSSR count). The maximum absolute atomic E-state index is 6.28. The Hall–Kier alpha value is -3.88. The van der Waals surface area contributed by atoms with E-state index in [9.17, 15) is 0 Å². The number of anilines is 5. The van der Waals surface area contributed by atoms with Crippen molar-refractivity contribution in [3.8, 4) is 23.0 Å². The summed E-state index contributed by atoms with van der Waals surface area (Å²) in [5, 5.41) is 6.34. The standard InChI is InChI=1S/C19H19N5O4/c1-25-12-4-6-14(26-2)13(8-12)24-19-17(20)18(21-9-22-19)23-11-3-5-15-16(7-11)28-10-27-15/h3-9H,10,20H2,1-2H3,(H2,21,22,23,24). The first-order valence-electron chi connectivity index (χ1n) is 8.44. The fourth-order valence-corrected chi connectivity index (χ4v) is 2.75. The number of hydrogen-bond acceptors (Lipinski definition) is 9. The van der Waals surface area contributed by atoms with E-state index in [0.717, 1.165) is 5.69 Å². The summed E-state index contributed by atoms with van der Waals surface area (Å²) in [5.41, 5.74) is 8.06. The normalized spacial score (nSPS) is 11.8. The molecule has 2 aromatic carbocycles. The molecule has 1 aliphatic heterocycles. The second-order valence-electron chi connectivity index (χ2n) is 5.87. The van der Waals surface area contributed by atoms with Crippen LogP contribution in [0.1, 0.15) is 0 Å². The van der Waals surface area contributed by atoms with Crippen LogP contribution in [0.25, 0.3) is 0 Å². The van der Waals surface area contributed by atoms with E-state index < -0.39 is 0 Å². The zero-order chi connectivity index (χ0) is 19.5. The van der Waals surface area contributed by atoms with E-state index in [1.54, 1.807) is 32.4 Å². The lowest BCUT2D eigenvalue weighted by atomic mass is 10.2. The number of methoxy groups -OCH3 is 2. The van der Waals surface area contributed by atoms with Crippen LogP contribution in [-0.2, 0) is 0 Å². The number of aromatic nitrogens is 2. The number of ether oxygens (including phenoxy) is 4. The predicted molar refractivity (Wildman–Crippen MR) is 105 cm³/mol. The van der Waals surface area contributed by atoms with Gasteiger partial charge in [0.25, 0.3) is 0 Å². The minimum absolute atomic E-state index is 0.213. The lowest BCUT2D eigenvalue weighted by Gasteiger charge is -2.15. The van der Waals surface area contributed by atoms with E-state index in [1.165, 1.54) is 6.33 Å². The van der Waals surface area contributed by atoms with Crippen LogP contribution in [0.2, 0.25) is 0 Å². The monoisotopic (exact) mass is 381 g/mol. The third kappa shape index (κ3) is 3.37. The molecule has 0 unspecified atom stereocenters. The second-order valence-corrected chi connectivity index (χ2v) is 5.87. The molecule has 9 nitrogen and oxygen atoms in total. The Kier molecular flexibility index (Phi) is 4.63. The van der Waals surface area contributed by atoms with Gasteiger partial charge in [-0.3, -0.25) is 0 Å². The molecule has 144 valence electrons. The van der Waals surface area contributed by atoms with Gasteiger partial charge in [-0.05, 0) is 24.3 Å². The van der Waals surface area contributed by atoms with Gasteiger partial charge < -0.3 is 35.3 Å². The number of nitrogens with two attached hydrogens (primary N) is 1. The molecule has 2 heterocycles. The topological polar surface area (TPSA) is 113 Å². The highest BCUT2D eigenvalue weighted by atomic mass is 16.7. The summed E-state index contributed by atoms with van der Waals surface area (Å²) in [6, 6.07) is 10.9. The van der Waals surface area contributed by atoms with Crippen LogP contribution < -0.4 is 35.3 Å². The molecule has 0 saturated carbocycles. The molecule has 0 saturated heterocycles. The molecule has 0 bridgehead atoms. The van der Waals surface area contributed by atoms with Crippen molar-refractivity contribution in [2.75, 3.05) is 37.4 Å². The lowest BCUT2D eigenvalue weighted by Crippen LogP contribution is -2.06. The number of fused-ring (bicyclic) bond motifs is 1. The van der Waals surface area contributed by atoms with Crippen LogP contribution in [0.3, 0.4) is 0 Å². The lowest BCUT2D eigenvalue weighted by molar-refractivity contribution is 0.174. The van der Waals surface area contributed by atoms with Crippen LogP contribution in [0, 0.1) is 0 Å². The molecule has 3 aromatic rings. The highest BCUT2D eigenvalue weighted by Crippen LogP contribution is 2.37. The highest BCUT2D eigenvalue weighted by Gasteiger charge is 2.15. The van der Waals surface area contributed by atoms with Gasteiger partial charge in [-0.25, -0.2) is 9.97 Å². The van der Waals surface area contributed by atoms with Gasteiger partial charge in [0.1, 0.15) is 23.5 Å². The molecule has 0 spiro atoms. The minimum Gasteiger partial charge on any atom is -0.497 e. The maximum atomic E-state index is 6.28. The number of hydrogen-bond donors (Lipinski definition) is 3. The van der Waals surface area contributed by atoms with Crippen LogP contribution in [-0.4, -0.2) is 31.0 Å². The predicted octanol–water partition coefficient (Wildman–Crippen LogP) is 3.29. The molecule has 0 fully saturated rings. The molecule has 1 aromatic heterocycles. The van der Waals surface area contributed by atoms with Crippen LogP contribution in [0.15, 0.2) is 42.7 Å². The van der Waals surface area contributed by atoms with Gasteiger partial charge in [-0.1, -0.05) is 0 Å². The number of benzene rings is 2. The largest absolute Gasteiger partial charge is 0.497 e. The van der Waals surface area contributed by atoms with Crippen molar-refractivity contribution >= 4 is 28.7 Å². The summed E-state index contributed by atoms with van der Waals surface area (Å²) in [7, 11) is 3.18. The van der Waals surface area contributed by atoms with Gasteiger partial charge in [-0.2, -0.15) is 0 Å². The van der Waals surface area contributed by atoms with Gasteiger partial charge in [-0.15, -0.1) is 0 Å². The highest BCUT2D eigenvalue weighted by molar-refractivity contribution is 5.82. The third-order valence-corrected chi connectivity index (χ3v) is 4.18. The van der Waals surface area contributed by atoms with E-state index in [2.05, 4.69) is 20.6 Å². The Morgan fingerprint density at radius 3 is 2.50 bits per heavy atom. The average molecular weight is 381 g/mol. The zero-order valence-electron chi connectivity index (χ0n) is 15.4. The number of nitrogens with one attached hydrogen (secondary N) is 2. The number of rotatable bonds is 6. The van der Waals surface area contributed by atoms with Crippen molar-refractivity contribution in [2.45, 2.75) is 0 Å². The summed E-state index contributed by atoms with van der Waals surface area (Å²) in [5.74, 6) is 3.56. The molecular formula is C19H19N5O4. The first-order chi connectivity index (χ1) is 13.7. The van der Waals surface area contributed by atoms with Gasteiger partial charge in [0.15, 0.2) is 23.1 Å². The Balaban J connectivity index is 1.60. The van der Waals surface area contributed by atoms with Crippen LogP contribution >= 0.6 is 0 Å². The molecule has 4 N–H and O–H groups in total.